The summed E-state index contributed by atoms with van der Waals surface area (Å²) in [5.41, 5.74) is 3.51. The van der Waals surface area contributed by atoms with Gasteiger partial charge in [0.15, 0.2) is 0 Å². The predicted molar refractivity (Wildman–Crippen MR) is 85.4 cm³/mol. The highest BCUT2D eigenvalue weighted by atomic mass is 79.9. The SMILES string of the molecule is COc1ccc(Br)cc1/C=N\NC(=O)C1[C@H]2CCCC[C@@H]12. The molecule has 2 aliphatic carbocycles. The van der Waals surface area contributed by atoms with E-state index in [-0.39, 0.29) is 11.8 Å². The van der Waals surface area contributed by atoms with Gasteiger partial charge in [-0.2, -0.15) is 5.10 Å². The molecule has 2 fully saturated rings. The molecule has 4 nitrogen and oxygen atoms in total. The fourth-order valence-corrected chi connectivity index (χ4v) is 3.81. The molecule has 1 unspecified atom stereocenters. The second kappa shape index (κ2) is 6.18. The second-order valence-electron chi connectivity index (χ2n) is 5.76. The molecule has 2 saturated carbocycles. The van der Waals surface area contributed by atoms with Crippen molar-refractivity contribution < 1.29 is 9.53 Å². The Morgan fingerprint density at radius 3 is 2.76 bits per heavy atom. The number of ether oxygens (including phenoxy) is 1. The van der Waals surface area contributed by atoms with Crippen molar-refractivity contribution >= 4 is 28.1 Å². The molecule has 1 amide bonds. The maximum absolute atomic E-state index is 12.1. The molecule has 5 heteroatoms. The number of nitrogens with zero attached hydrogens (tertiary/aromatic N) is 1. The van der Waals surface area contributed by atoms with Crippen molar-refractivity contribution in [3.63, 3.8) is 0 Å². The van der Waals surface area contributed by atoms with E-state index in [1.165, 1.54) is 25.7 Å². The van der Waals surface area contributed by atoms with Gasteiger partial charge in [0.2, 0.25) is 5.91 Å². The van der Waals surface area contributed by atoms with E-state index in [9.17, 15) is 4.79 Å². The van der Waals surface area contributed by atoms with Crippen LogP contribution >= 0.6 is 15.9 Å². The van der Waals surface area contributed by atoms with E-state index in [1.54, 1.807) is 13.3 Å². The number of benzene rings is 1. The third kappa shape index (κ3) is 3.12. The van der Waals surface area contributed by atoms with Crippen molar-refractivity contribution in [1.29, 1.82) is 0 Å². The van der Waals surface area contributed by atoms with Gasteiger partial charge in [-0.3, -0.25) is 4.79 Å². The fourth-order valence-electron chi connectivity index (χ4n) is 3.43. The summed E-state index contributed by atoms with van der Waals surface area (Å²) in [6.07, 6.45) is 6.57. The van der Waals surface area contributed by atoms with E-state index in [4.69, 9.17) is 4.74 Å². The number of rotatable bonds is 4. The Morgan fingerprint density at radius 2 is 2.10 bits per heavy atom. The second-order valence-corrected chi connectivity index (χ2v) is 6.67. The number of carbonyl (C=O) groups excluding carboxylic acids is 1. The van der Waals surface area contributed by atoms with E-state index in [0.717, 1.165) is 15.8 Å². The summed E-state index contributed by atoms with van der Waals surface area (Å²) in [6.45, 7) is 0. The van der Waals surface area contributed by atoms with Gasteiger partial charge in [-0.1, -0.05) is 28.8 Å². The summed E-state index contributed by atoms with van der Waals surface area (Å²) < 4.78 is 6.22. The molecule has 112 valence electrons. The summed E-state index contributed by atoms with van der Waals surface area (Å²) in [7, 11) is 1.62. The van der Waals surface area contributed by atoms with Crippen LogP contribution in [0.5, 0.6) is 5.75 Å². The van der Waals surface area contributed by atoms with Gasteiger partial charge in [0, 0.05) is 16.0 Å². The number of fused-ring (bicyclic) bond motifs is 1. The van der Waals surface area contributed by atoms with Gasteiger partial charge in [-0.15, -0.1) is 0 Å². The lowest BCUT2D eigenvalue weighted by Gasteiger charge is -2.04. The van der Waals surface area contributed by atoms with Crippen LogP contribution in [0, 0.1) is 17.8 Å². The maximum atomic E-state index is 12.1. The van der Waals surface area contributed by atoms with Crippen LogP contribution in [-0.2, 0) is 4.79 Å². The minimum atomic E-state index is 0.0668. The van der Waals surface area contributed by atoms with Gasteiger partial charge < -0.3 is 4.74 Å². The summed E-state index contributed by atoms with van der Waals surface area (Å²) in [6, 6.07) is 5.68. The predicted octanol–water partition coefficient (Wildman–Crippen LogP) is 3.34. The average molecular weight is 351 g/mol. The Labute approximate surface area is 133 Å². The monoisotopic (exact) mass is 350 g/mol. The summed E-state index contributed by atoms with van der Waals surface area (Å²) in [5.74, 6) is 2.20. The number of hydrogen-bond donors (Lipinski definition) is 1. The van der Waals surface area contributed by atoms with Crippen LogP contribution in [0.1, 0.15) is 31.2 Å². The standard InChI is InChI=1S/C16H19BrN2O2/c1-21-14-7-6-11(17)8-10(14)9-18-19-16(20)15-12-4-2-3-5-13(12)15/h6-9,12-13,15H,2-5H2,1H3,(H,19,20)/b18-9-/t12-,13+,15?. The van der Waals surface area contributed by atoms with Crippen LogP contribution in [0.4, 0.5) is 0 Å². The molecule has 1 aromatic carbocycles. The Hall–Kier alpha value is -1.36. The van der Waals surface area contributed by atoms with Crippen molar-refractivity contribution in [3.05, 3.63) is 28.2 Å². The maximum Gasteiger partial charge on any atom is 0.243 e. The average Bonchev–Trinajstić information content (AvgIpc) is 3.22. The number of hydrazone groups is 1. The van der Waals surface area contributed by atoms with E-state index < -0.39 is 0 Å². The smallest absolute Gasteiger partial charge is 0.243 e. The van der Waals surface area contributed by atoms with Gasteiger partial charge in [0.25, 0.3) is 0 Å². The Kier molecular flexibility index (Phi) is 4.29. The van der Waals surface area contributed by atoms with Crippen LogP contribution < -0.4 is 10.2 Å². The first-order valence-corrected chi connectivity index (χ1v) is 8.16. The van der Waals surface area contributed by atoms with Gasteiger partial charge in [0.1, 0.15) is 5.75 Å². The lowest BCUT2D eigenvalue weighted by molar-refractivity contribution is -0.122. The van der Waals surface area contributed by atoms with Crippen LogP contribution in [0.15, 0.2) is 27.8 Å². The Morgan fingerprint density at radius 1 is 1.38 bits per heavy atom. The summed E-state index contributed by atoms with van der Waals surface area (Å²) in [4.78, 5) is 12.1. The van der Waals surface area contributed by atoms with Crippen molar-refractivity contribution in [2.24, 2.45) is 22.9 Å². The molecule has 0 aromatic heterocycles. The first kappa shape index (κ1) is 14.6. The summed E-state index contributed by atoms with van der Waals surface area (Å²) in [5, 5.41) is 4.09. The lowest BCUT2D eigenvalue weighted by atomic mass is 10.0. The molecule has 21 heavy (non-hydrogen) atoms. The first-order valence-electron chi connectivity index (χ1n) is 7.37. The number of carbonyl (C=O) groups is 1. The van der Waals surface area contributed by atoms with Crippen LogP contribution in [-0.4, -0.2) is 19.2 Å². The molecule has 1 N–H and O–H groups in total. The molecule has 2 aliphatic rings. The van der Waals surface area contributed by atoms with Gasteiger partial charge in [0.05, 0.1) is 13.3 Å². The normalized spacial score (nSPS) is 27.2. The molecule has 3 rings (SSSR count). The quantitative estimate of drug-likeness (QED) is 0.668. The van der Waals surface area contributed by atoms with Crippen molar-refractivity contribution in [3.8, 4) is 5.75 Å². The number of halogens is 1. The van der Waals surface area contributed by atoms with Gasteiger partial charge in [-0.05, 0) is 42.9 Å². The molecular formula is C16H19BrN2O2. The lowest BCUT2D eigenvalue weighted by Crippen LogP contribution is -2.20. The Bertz CT molecular complexity index is 561. The highest BCUT2D eigenvalue weighted by Crippen LogP contribution is 2.55. The molecule has 0 radical (unpaired) electrons. The van der Waals surface area contributed by atoms with Crippen LogP contribution in [0.3, 0.4) is 0 Å². The first-order chi connectivity index (χ1) is 10.2. The number of methoxy groups -OCH3 is 1. The zero-order chi connectivity index (χ0) is 14.8. The molecule has 0 aliphatic heterocycles. The third-order valence-corrected chi connectivity index (χ3v) is 5.02. The molecule has 0 heterocycles. The number of nitrogens with one attached hydrogen (secondary N) is 1. The van der Waals surface area contributed by atoms with Crippen LogP contribution in [0.2, 0.25) is 0 Å². The summed E-state index contributed by atoms with van der Waals surface area (Å²) >= 11 is 3.42. The van der Waals surface area contributed by atoms with Gasteiger partial charge in [-0.25, -0.2) is 5.43 Å². The zero-order valence-electron chi connectivity index (χ0n) is 12.0. The highest BCUT2D eigenvalue weighted by Gasteiger charge is 2.54. The molecular weight excluding hydrogens is 332 g/mol. The fraction of sp³-hybridized carbons (Fsp3) is 0.500. The Balaban J connectivity index is 1.60. The van der Waals surface area contributed by atoms with Gasteiger partial charge >= 0.3 is 0 Å². The molecule has 0 spiro atoms. The minimum absolute atomic E-state index is 0.0668. The van der Waals surface area contributed by atoms with E-state index in [1.807, 2.05) is 18.2 Å². The van der Waals surface area contributed by atoms with E-state index in [0.29, 0.717) is 11.8 Å². The molecule has 0 saturated heterocycles. The topological polar surface area (TPSA) is 50.7 Å². The van der Waals surface area contributed by atoms with E-state index >= 15 is 0 Å². The van der Waals surface area contributed by atoms with Crippen molar-refractivity contribution in [1.82, 2.24) is 5.43 Å². The molecule has 3 atom stereocenters. The zero-order valence-corrected chi connectivity index (χ0v) is 13.6. The highest BCUT2D eigenvalue weighted by molar-refractivity contribution is 9.10. The van der Waals surface area contributed by atoms with Crippen molar-refractivity contribution in [2.75, 3.05) is 7.11 Å². The number of amides is 1. The largest absolute Gasteiger partial charge is 0.496 e. The number of hydrogen-bond acceptors (Lipinski definition) is 3. The minimum Gasteiger partial charge on any atom is -0.496 e. The third-order valence-electron chi connectivity index (χ3n) is 4.53. The van der Waals surface area contributed by atoms with E-state index in [2.05, 4.69) is 26.5 Å². The molecule has 0 bridgehead atoms. The molecule has 1 aromatic rings. The van der Waals surface area contributed by atoms with Crippen molar-refractivity contribution in [2.45, 2.75) is 25.7 Å². The van der Waals surface area contributed by atoms with Crippen LogP contribution in [0.25, 0.3) is 0 Å².